The molecule has 0 aliphatic carbocycles. The van der Waals surface area contributed by atoms with Crippen molar-refractivity contribution >= 4 is 11.9 Å². The fraction of sp³-hybridized carbons (Fsp3) is 0.385. The maximum atomic E-state index is 11.9. The predicted octanol–water partition coefficient (Wildman–Crippen LogP) is 0.632. The van der Waals surface area contributed by atoms with E-state index < -0.39 is 30.2 Å². The van der Waals surface area contributed by atoms with Crippen LogP contribution in [0.25, 0.3) is 0 Å². The summed E-state index contributed by atoms with van der Waals surface area (Å²) in [6, 6.07) is 7.02. The van der Waals surface area contributed by atoms with Gasteiger partial charge in [-0.05, 0) is 26.0 Å². The summed E-state index contributed by atoms with van der Waals surface area (Å²) >= 11 is 0. The van der Waals surface area contributed by atoms with Gasteiger partial charge in [0.15, 0.2) is 17.6 Å². The van der Waals surface area contributed by atoms with Gasteiger partial charge in [-0.15, -0.1) is 0 Å². The number of carbonyl (C=O) groups is 2. The maximum absolute atomic E-state index is 11.9. The number of fused-ring (bicyclic) bond motifs is 1. The lowest BCUT2D eigenvalue weighted by atomic mass is 10.2. The zero-order valence-electron chi connectivity index (χ0n) is 10.7. The fourth-order valence-corrected chi connectivity index (χ4v) is 1.68. The quantitative estimate of drug-likeness (QED) is 0.810. The first-order valence-electron chi connectivity index (χ1n) is 5.91. The molecule has 19 heavy (non-hydrogen) atoms. The summed E-state index contributed by atoms with van der Waals surface area (Å²) in [5.74, 6) is -0.345. The molecule has 1 aromatic rings. The largest absolute Gasteiger partial charge is 0.482 e. The molecular weight excluding hydrogens is 250 g/mol. The average Bonchev–Trinajstić information content (AvgIpc) is 2.37. The molecule has 1 aliphatic heterocycles. The number of esters is 1. The molecule has 1 heterocycles. The first-order valence-corrected chi connectivity index (χ1v) is 5.91. The molecule has 6 nitrogen and oxygen atoms in total. The monoisotopic (exact) mass is 265 g/mol. The summed E-state index contributed by atoms with van der Waals surface area (Å²) < 4.78 is 16.0. The summed E-state index contributed by atoms with van der Waals surface area (Å²) in [5.41, 5.74) is 5.04. The van der Waals surface area contributed by atoms with E-state index in [2.05, 4.69) is 0 Å². The lowest BCUT2D eigenvalue weighted by molar-refractivity contribution is -0.165. The summed E-state index contributed by atoms with van der Waals surface area (Å²) in [6.07, 6.45) is -2.43. The third kappa shape index (κ3) is 2.78. The van der Waals surface area contributed by atoms with Gasteiger partial charge in [0.2, 0.25) is 6.10 Å². The van der Waals surface area contributed by atoms with Gasteiger partial charge < -0.3 is 19.9 Å². The normalized spacial score (nSPS) is 22.4. The Hall–Kier alpha value is -2.24. The van der Waals surface area contributed by atoms with Crippen molar-refractivity contribution in [1.29, 1.82) is 0 Å². The van der Waals surface area contributed by atoms with E-state index in [0.29, 0.717) is 11.5 Å². The van der Waals surface area contributed by atoms with Gasteiger partial charge in [-0.2, -0.15) is 0 Å². The molecule has 1 amide bonds. The molecular formula is C13H15NO5. The zero-order valence-corrected chi connectivity index (χ0v) is 10.7. The number of carbonyl (C=O) groups excluding carboxylic acids is 2. The Morgan fingerprint density at radius 3 is 2.42 bits per heavy atom. The van der Waals surface area contributed by atoms with E-state index in [4.69, 9.17) is 19.9 Å². The Morgan fingerprint density at radius 1 is 1.26 bits per heavy atom. The van der Waals surface area contributed by atoms with E-state index in [9.17, 15) is 9.59 Å². The van der Waals surface area contributed by atoms with E-state index in [1.54, 1.807) is 25.1 Å². The number of ether oxygens (including phenoxy) is 3. The molecule has 0 saturated heterocycles. The first-order chi connectivity index (χ1) is 8.99. The predicted molar refractivity (Wildman–Crippen MR) is 65.7 cm³/mol. The summed E-state index contributed by atoms with van der Waals surface area (Å²) in [6.45, 7) is 3.10. The summed E-state index contributed by atoms with van der Waals surface area (Å²) in [7, 11) is 0. The number of para-hydroxylation sites is 2. The summed E-state index contributed by atoms with van der Waals surface area (Å²) in [5, 5.41) is 0. The number of rotatable bonds is 3. The smallest absolute Gasteiger partial charge is 0.352 e. The highest BCUT2D eigenvalue weighted by Crippen LogP contribution is 2.33. The van der Waals surface area contributed by atoms with Crippen LogP contribution in [0.2, 0.25) is 0 Å². The number of primary amides is 1. The Labute approximate surface area is 110 Å². The molecule has 1 aromatic carbocycles. The van der Waals surface area contributed by atoms with E-state index in [1.165, 1.54) is 6.92 Å². The lowest BCUT2D eigenvalue weighted by Crippen LogP contribution is -2.46. The van der Waals surface area contributed by atoms with Gasteiger partial charge in [0.25, 0.3) is 5.91 Å². The number of nitrogens with two attached hydrogens (primary N) is 1. The number of amides is 1. The van der Waals surface area contributed by atoms with Gasteiger partial charge in [0, 0.05) is 0 Å². The molecule has 102 valence electrons. The number of hydrogen-bond donors (Lipinski definition) is 1. The van der Waals surface area contributed by atoms with Crippen molar-refractivity contribution in [1.82, 2.24) is 0 Å². The van der Waals surface area contributed by atoms with E-state index in [-0.39, 0.29) is 0 Å². The zero-order chi connectivity index (χ0) is 14.0. The second-order valence-electron chi connectivity index (χ2n) is 4.29. The third-order valence-corrected chi connectivity index (χ3v) is 2.77. The van der Waals surface area contributed by atoms with Crippen molar-refractivity contribution in [3.8, 4) is 11.5 Å². The minimum Gasteiger partial charge on any atom is -0.482 e. The van der Waals surface area contributed by atoms with Crippen LogP contribution in [-0.4, -0.2) is 30.2 Å². The molecule has 2 N–H and O–H groups in total. The van der Waals surface area contributed by atoms with E-state index >= 15 is 0 Å². The Morgan fingerprint density at radius 2 is 1.84 bits per heavy atom. The van der Waals surface area contributed by atoms with Crippen molar-refractivity contribution in [3.05, 3.63) is 24.3 Å². The number of hydrogen-bond acceptors (Lipinski definition) is 5. The van der Waals surface area contributed by atoms with Crippen molar-refractivity contribution < 1.29 is 23.8 Å². The van der Waals surface area contributed by atoms with Crippen LogP contribution in [0, 0.1) is 0 Å². The molecule has 0 spiro atoms. The molecule has 0 saturated carbocycles. The van der Waals surface area contributed by atoms with Crippen molar-refractivity contribution in [2.24, 2.45) is 5.73 Å². The highest BCUT2D eigenvalue weighted by atomic mass is 16.6. The van der Waals surface area contributed by atoms with Gasteiger partial charge in [0.1, 0.15) is 6.10 Å². The van der Waals surface area contributed by atoms with Gasteiger partial charge in [-0.3, -0.25) is 4.79 Å². The highest BCUT2D eigenvalue weighted by molar-refractivity contribution is 5.83. The van der Waals surface area contributed by atoms with Crippen LogP contribution in [0.1, 0.15) is 13.8 Å². The SMILES string of the molecule is CC(OC(=O)C1Oc2ccccc2OC1C)C(N)=O. The molecule has 3 atom stereocenters. The van der Waals surface area contributed by atoms with Crippen molar-refractivity contribution in [2.75, 3.05) is 0 Å². The standard InChI is InChI=1S/C13H15NO5/c1-7-11(13(16)18-8(2)12(14)15)19-10-6-4-3-5-9(10)17-7/h3-8,11H,1-2H3,(H2,14,15). The minimum absolute atomic E-state index is 0.467. The third-order valence-electron chi connectivity index (χ3n) is 2.77. The van der Waals surface area contributed by atoms with Crippen LogP contribution in [-0.2, 0) is 14.3 Å². The van der Waals surface area contributed by atoms with Crippen molar-refractivity contribution in [3.63, 3.8) is 0 Å². The van der Waals surface area contributed by atoms with Gasteiger partial charge >= 0.3 is 5.97 Å². The second kappa shape index (κ2) is 5.17. The lowest BCUT2D eigenvalue weighted by Gasteiger charge is -2.30. The molecule has 6 heteroatoms. The Bertz CT molecular complexity index is 502. The van der Waals surface area contributed by atoms with Crippen LogP contribution in [0.3, 0.4) is 0 Å². The van der Waals surface area contributed by atoms with Crippen molar-refractivity contribution in [2.45, 2.75) is 32.2 Å². The molecule has 0 radical (unpaired) electrons. The summed E-state index contributed by atoms with van der Waals surface area (Å²) in [4.78, 5) is 22.8. The molecule has 3 unspecified atom stereocenters. The van der Waals surface area contributed by atoms with Crippen LogP contribution in [0.4, 0.5) is 0 Å². The molecule has 0 bridgehead atoms. The molecule has 2 rings (SSSR count). The Kier molecular flexibility index (Phi) is 3.59. The Balaban J connectivity index is 2.10. The van der Waals surface area contributed by atoms with Gasteiger partial charge in [-0.25, -0.2) is 4.79 Å². The van der Waals surface area contributed by atoms with Gasteiger partial charge in [-0.1, -0.05) is 12.1 Å². The van der Waals surface area contributed by atoms with E-state index in [1.807, 2.05) is 6.07 Å². The van der Waals surface area contributed by atoms with Crippen LogP contribution >= 0.6 is 0 Å². The fourth-order valence-electron chi connectivity index (χ4n) is 1.68. The van der Waals surface area contributed by atoms with Crippen LogP contribution in [0.15, 0.2) is 24.3 Å². The van der Waals surface area contributed by atoms with Gasteiger partial charge in [0.05, 0.1) is 0 Å². The number of benzene rings is 1. The maximum Gasteiger partial charge on any atom is 0.352 e. The van der Waals surface area contributed by atoms with Crippen LogP contribution in [0.5, 0.6) is 11.5 Å². The van der Waals surface area contributed by atoms with E-state index in [0.717, 1.165) is 0 Å². The minimum atomic E-state index is -1.000. The average molecular weight is 265 g/mol. The second-order valence-corrected chi connectivity index (χ2v) is 4.29. The topological polar surface area (TPSA) is 87.8 Å². The van der Waals surface area contributed by atoms with Crippen LogP contribution < -0.4 is 15.2 Å². The highest BCUT2D eigenvalue weighted by Gasteiger charge is 2.36. The first kappa shape index (κ1) is 13.2. The molecule has 0 aromatic heterocycles. The molecule has 1 aliphatic rings. The molecule has 0 fully saturated rings.